The van der Waals surface area contributed by atoms with Gasteiger partial charge in [0.2, 0.25) is 0 Å². The van der Waals surface area contributed by atoms with E-state index in [2.05, 4.69) is 23.8 Å². The number of nitro benzene ring substituents is 4. The molecule has 0 unspecified atom stereocenters. The van der Waals surface area contributed by atoms with Crippen molar-refractivity contribution in [2.75, 3.05) is 18.5 Å². The van der Waals surface area contributed by atoms with E-state index < -0.39 is 25.4 Å². The Bertz CT molecular complexity index is 1650. The number of rotatable bonds is 9. The Morgan fingerprint density at radius 3 is 1.56 bits per heavy atom. The average Bonchev–Trinajstić information content (AvgIpc) is 2.97. The monoisotopic (exact) mass is 615 g/mol. The van der Waals surface area contributed by atoms with E-state index in [1.807, 2.05) is 6.92 Å². The molecule has 16 heteroatoms. The number of fused-ring (bicyclic) bond motifs is 2. The number of nitro groups is 4. The number of nitrogens with zero attached hydrogens (tertiary/aromatic N) is 7. The zero-order valence-corrected chi connectivity index (χ0v) is 24.7. The molecule has 2 heterocycles. The molecule has 2 aromatic heterocycles. The van der Waals surface area contributed by atoms with Crippen molar-refractivity contribution in [2.45, 2.75) is 46.5 Å². The second-order valence-electron chi connectivity index (χ2n) is 9.09. The van der Waals surface area contributed by atoms with E-state index >= 15 is 0 Å². The summed E-state index contributed by atoms with van der Waals surface area (Å²) in [4.78, 5) is 50.9. The van der Waals surface area contributed by atoms with Gasteiger partial charge < -0.3 is 4.90 Å². The lowest BCUT2D eigenvalue weighted by atomic mass is 10.1. The Morgan fingerprint density at radius 2 is 1.14 bits per heavy atom. The lowest BCUT2D eigenvalue weighted by Crippen LogP contribution is -2.20. The third-order valence-corrected chi connectivity index (χ3v) is 6.42. The maximum atomic E-state index is 11.3. The quantitative estimate of drug-likeness (QED) is 0.131. The highest BCUT2D eigenvalue weighted by atomic mass is 35.5. The predicted octanol–water partition coefficient (Wildman–Crippen LogP) is 7.80. The van der Waals surface area contributed by atoms with E-state index in [1.54, 1.807) is 24.1 Å². The van der Waals surface area contributed by atoms with Crippen LogP contribution in [0.1, 0.15) is 46.5 Å². The highest BCUT2D eigenvalue weighted by Crippen LogP contribution is 2.40. The highest BCUT2D eigenvalue weighted by Gasteiger charge is 2.28. The molecule has 0 N–H and O–H groups in total. The molecule has 43 heavy (non-hydrogen) atoms. The van der Waals surface area contributed by atoms with Crippen LogP contribution >= 0.6 is 11.6 Å². The number of pyridine rings is 2. The third kappa shape index (κ3) is 8.25. The maximum absolute atomic E-state index is 11.3. The van der Waals surface area contributed by atoms with Crippen LogP contribution in [0.15, 0.2) is 48.8 Å². The van der Waals surface area contributed by atoms with E-state index in [0.717, 1.165) is 18.6 Å². The van der Waals surface area contributed by atoms with Gasteiger partial charge >= 0.3 is 5.69 Å². The lowest BCUT2D eigenvalue weighted by molar-refractivity contribution is -0.393. The largest absolute Gasteiger partial charge is 0.367 e. The zero-order valence-electron chi connectivity index (χ0n) is 23.9. The number of halogens is 1. The molecule has 4 aromatic rings. The average molecular weight is 616 g/mol. The summed E-state index contributed by atoms with van der Waals surface area (Å²) in [7, 11) is 1.71. The molecule has 0 amide bonds. The van der Waals surface area contributed by atoms with Gasteiger partial charge in [-0.2, -0.15) is 0 Å². The van der Waals surface area contributed by atoms with E-state index in [4.69, 9.17) is 11.6 Å². The standard InChI is InChI=1S/C13H14N4O4.C9H4ClN3O4.C5H12/c1-3-7-15(2)13-11(17(20)21)8-10(16(18)19)9-5-4-6-14-12(9)13;10-8-7(13(16)17)4-6(12(14)15)5-2-1-3-11-9(5)8;1-3-5-4-2/h4-6,8H,3,7H2,1-2H3;1-4H;3-5H2,1-2H3. The molecule has 0 bridgehead atoms. The van der Waals surface area contributed by atoms with Crippen molar-refractivity contribution in [1.82, 2.24) is 9.97 Å². The van der Waals surface area contributed by atoms with E-state index in [9.17, 15) is 40.5 Å². The van der Waals surface area contributed by atoms with Crippen LogP contribution in [0.5, 0.6) is 0 Å². The molecule has 0 aliphatic carbocycles. The molecule has 0 aliphatic rings. The smallest absolute Gasteiger partial charge is 0.301 e. The summed E-state index contributed by atoms with van der Waals surface area (Å²) in [5, 5.41) is 44.2. The summed E-state index contributed by atoms with van der Waals surface area (Å²) in [5.41, 5.74) is -0.886. The molecular formula is C27H30ClN7O8. The molecule has 0 spiro atoms. The number of unbranched alkanes of at least 4 members (excludes halogenated alkanes) is 2. The molecule has 0 fully saturated rings. The highest BCUT2D eigenvalue weighted by molar-refractivity contribution is 6.37. The van der Waals surface area contributed by atoms with Gasteiger partial charge in [-0.1, -0.05) is 51.6 Å². The lowest BCUT2D eigenvalue weighted by Gasteiger charge is -2.19. The first-order chi connectivity index (χ1) is 20.4. The molecule has 4 rings (SSSR count). The minimum atomic E-state index is -0.774. The van der Waals surface area contributed by atoms with Gasteiger partial charge in [0.25, 0.3) is 17.1 Å². The topological polar surface area (TPSA) is 202 Å². The summed E-state index contributed by atoms with van der Waals surface area (Å²) in [6.07, 6.45) is 7.70. The van der Waals surface area contributed by atoms with Gasteiger partial charge in [-0.3, -0.25) is 50.4 Å². The fourth-order valence-electron chi connectivity index (χ4n) is 4.13. The molecule has 0 radical (unpaired) electrons. The maximum Gasteiger partial charge on any atom is 0.301 e. The number of non-ortho nitro benzene ring substituents is 2. The SMILES string of the molecule is CCCCC.CCCN(C)c1c([N+](=O)[O-])cc([N+](=O)[O-])c2cccnc12.O=[N+]([O-])c1cc([N+](=O)[O-])c2cccnc2c1Cl. The molecule has 0 saturated carbocycles. The molecule has 0 atom stereocenters. The van der Waals surface area contributed by atoms with E-state index in [-0.39, 0.29) is 38.5 Å². The van der Waals surface area contributed by atoms with Crippen LogP contribution in [-0.4, -0.2) is 43.3 Å². The number of anilines is 1. The fourth-order valence-corrected chi connectivity index (χ4v) is 4.40. The van der Waals surface area contributed by atoms with Gasteiger partial charge in [-0.05, 0) is 30.7 Å². The minimum absolute atomic E-state index is 0.0510. The molecule has 0 aliphatic heterocycles. The molecule has 228 valence electrons. The van der Waals surface area contributed by atoms with Gasteiger partial charge in [-0.25, -0.2) is 0 Å². The first kappa shape index (κ1) is 34.2. The van der Waals surface area contributed by atoms with Crippen molar-refractivity contribution >= 4 is 61.8 Å². The van der Waals surface area contributed by atoms with Crippen LogP contribution in [0.2, 0.25) is 5.02 Å². The van der Waals surface area contributed by atoms with E-state index in [0.29, 0.717) is 17.6 Å². The van der Waals surface area contributed by atoms with E-state index in [1.165, 1.54) is 43.8 Å². The number of hydrogen-bond donors (Lipinski definition) is 0. The Kier molecular flexibility index (Phi) is 12.6. The van der Waals surface area contributed by atoms with Crippen LogP contribution in [0.25, 0.3) is 21.8 Å². The van der Waals surface area contributed by atoms with Crippen molar-refractivity contribution in [3.8, 4) is 0 Å². The Labute approximate surface area is 250 Å². The Balaban J connectivity index is 0.000000264. The van der Waals surface area contributed by atoms with Crippen LogP contribution in [-0.2, 0) is 0 Å². The predicted molar refractivity (Wildman–Crippen MR) is 164 cm³/mol. The van der Waals surface area contributed by atoms with Crippen molar-refractivity contribution in [1.29, 1.82) is 0 Å². The summed E-state index contributed by atoms with van der Waals surface area (Å²) >= 11 is 5.79. The van der Waals surface area contributed by atoms with Gasteiger partial charge in [0, 0.05) is 26.0 Å². The van der Waals surface area contributed by atoms with Gasteiger partial charge in [-0.15, -0.1) is 0 Å². The van der Waals surface area contributed by atoms with Crippen molar-refractivity contribution in [3.05, 3.63) is 94.3 Å². The minimum Gasteiger partial charge on any atom is -0.367 e. The second-order valence-corrected chi connectivity index (χ2v) is 9.47. The molecule has 15 nitrogen and oxygen atoms in total. The van der Waals surface area contributed by atoms with Crippen LogP contribution < -0.4 is 4.90 Å². The van der Waals surface area contributed by atoms with Crippen LogP contribution in [0, 0.1) is 40.5 Å². The first-order valence-electron chi connectivity index (χ1n) is 13.2. The van der Waals surface area contributed by atoms with Gasteiger partial charge in [0.15, 0.2) is 0 Å². The second kappa shape index (κ2) is 15.8. The molecular weight excluding hydrogens is 586 g/mol. The summed E-state index contributed by atoms with van der Waals surface area (Å²) in [6.45, 7) is 6.96. The molecule has 0 saturated heterocycles. The van der Waals surface area contributed by atoms with Crippen molar-refractivity contribution < 1.29 is 19.7 Å². The molecule has 2 aromatic carbocycles. The number of aromatic nitrogens is 2. The van der Waals surface area contributed by atoms with Gasteiger partial charge in [0.05, 0.1) is 42.6 Å². The summed E-state index contributed by atoms with van der Waals surface area (Å²) < 4.78 is 0. The first-order valence-corrected chi connectivity index (χ1v) is 13.6. The Hall–Kier alpha value is -5.05. The summed E-state index contributed by atoms with van der Waals surface area (Å²) in [5.74, 6) is 0. The normalized spacial score (nSPS) is 10.3. The zero-order chi connectivity index (χ0) is 32.3. The van der Waals surface area contributed by atoms with Crippen LogP contribution in [0.4, 0.5) is 28.4 Å². The number of benzene rings is 2. The van der Waals surface area contributed by atoms with Gasteiger partial charge in [0.1, 0.15) is 21.7 Å². The fraction of sp³-hybridized carbons (Fsp3) is 0.333. The van der Waals surface area contributed by atoms with Crippen molar-refractivity contribution in [3.63, 3.8) is 0 Å². The third-order valence-electron chi connectivity index (χ3n) is 6.05. The Morgan fingerprint density at radius 1 is 0.698 bits per heavy atom. The number of hydrogen-bond acceptors (Lipinski definition) is 11. The van der Waals surface area contributed by atoms with Crippen molar-refractivity contribution in [2.24, 2.45) is 0 Å². The van der Waals surface area contributed by atoms with Crippen LogP contribution in [0.3, 0.4) is 0 Å². The summed E-state index contributed by atoms with van der Waals surface area (Å²) in [6, 6.07) is 7.91.